The minimum Gasteiger partial charge on any atom is -0.448 e. The standard InChI is InChI=1S/C23H23N3O4/c1-15(27)20-7-5-6-8-21(20)25-22(28)16(2)30-23(29)18(14-24)13-17-9-11-19(12-10-17)26(3)4/h5-13,16H,1-4H3,(H,25,28)/b18-13+/t16-/m0/s1. The minimum absolute atomic E-state index is 0.203. The Kier molecular flexibility index (Phi) is 7.48. The lowest BCUT2D eigenvalue weighted by Crippen LogP contribution is -2.30. The van der Waals surface area contributed by atoms with Crippen LogP contribution in [0.5, 0.6) is 0 Å². The number of esters is 1. The predicted octanol–water partition coefficient (Wildman–Crippen LogP) is 3.43. The average molecular weight is 405 g/mol. The number of benzene rings is 2. The Morgan fingerprint density at radius 3 is 2.30 bits per heavy atom. The highest BCUT2D eigenvalue weighted by molar-refractivity contribution is 6.05. The Hall–Kier alpha value is -3.92. The molecule has 0 aromatic heterocycles. The molecule has 30 heavy (non-hydrogen) atoms. The number of nitriles is 1. The first-order valence-electron chi connectivity index (χ1n) is 9.24. The summed E-state index contributed by atoms with van der Waals surface area (Å²) in [4.78, 5) is 38.3. The molecular weight excluding hydrogens is 382 g/mol. The van der Waals surface area contributed by atoms with E-state index in [-0.39, 0.29) is 11.4 Å². The van der Waals surface area contributed by atoms with Crippen LogP contribution >= 0.6 is 0 Å². The van der Waals surface area contributed by atoms with Gasteiger partial charge in [-0.1, -0.05) is 24.3 Å². The Morgan fingerprint density at radius 1 is 1.10 bits per heavy atom. The molecule has 2 rings (SSSR count). The second-order valence-electron chi connectivity index (χ2n) is 6.79. The maximum Gasteiger partial charge on any atom is 0.349 e. The lowest BCUT2D eigenvalue weighted by atomic mass is 10.1. The molecule has 0 unspecified atom stereocenters. The molecule has 7 heteroatoms. The monoisotopic (exact) mass is 405 g/mol. The Labute approximate surface area is 175 Å². The van der Waals surface area contributed by atoms with Crippen LogP contribution in [0.25, 0.3) is 6.08 Å². The van der Waals surface area contributed by atoms with Crippen LogP contribution in [-0.4, -0.2) is 37.9 Å². The van der Waals surface area contributed by atoms with Gasteiger partial charge in [0.15, 0.2) is 11.9 Å². The number of nitrogens with zero attached hydrogens (tertiary/aromatic N) is 2. The molecule has 0 bridgehead atoms. The fraction of sp³-hybridized carbons (Fsp3) is 0.217. The van der Waals surface area contributed by atoms with E-state index < -0.39 is 18.0 Å². The van der Waals surface area contributed by atoms with Gasteiger partial charge in [-0.25, -0.2) is 4.79 Å². The third kappa shape index (κ3) is 5.79. The van der Waals surface area contributed by atoms with E-state index in [2.05, 4.69) is 5.32 Å². The van der Waals surface area contributed by atoms with Crippen LogP contribution in [0.4, 0.5) is 11.4 Å². The topological polar surface area (TPSA) is 99.5 Å². The van der Waals surface area contributed by atoms with Crippen molar-refractivity contribution in [3.05, 3.63) is 65.2 Å². The van der Waals surface area contributed by atoms with E-state index in [1.54, 1.807) is 42.5 Å². The molecular formula is C23H23N3O4. The Bertz CT molecular complexity index is 1020. The van der Waals surface area contributed by atoms with E-state index in [4.69, 9.17) is 4.74 Å². The Balaban J connectivity index is 2.08. The summed E-state index contributed by atoms with van der Waals surface area (Å²) >= 11 is 0. The molecule has 154 valence electrons. The number of carbonyl (C=O) groups excluding carboxylic acids is 3. The van der Waals surface area contributed by atoms with Gasteiger partial charge in [-0.15, -0.1) is 0 Å². The molecule has 0 aliphatic carbocycles. The lowest BCUT2D eigenvalue weighted by molar-refractivity contribution is -0.148. The third-order valence-corrected chi connectivity index (χ3v) is 4.28. The first-order valence-corrected chi connectivity index (χ1v) is 9.24. The van der Waals surface area contributed by atoms with Crippen molar-refractivity contribution in [1.82, 2.24) is 0 Å². The van der Waals surface area contributed by atoms with Gasteiger partial charge in [0.05, 0.1) is 5.69 Å². The molecule has 1 atom stereocenters. The molecule has 0 fully saturated rings. The van der Waals surface area contributed by atoms with Crippen LogP contribution in [0.1, 0.15) is 29.8 Å². The van der Waals surface area contributed by atoms with Crippen molar-refractivity contribution in [2.24, 2.45) is 0 Å². The van der Waals surface area contributed by atoms with E-state index in [1.807, 2.05) is 31.1 Å². The van der Waals surface area contributed by atoms with Crippen molar-refractivity contribution in [1.29, 1.82) is 5.26 Å². The number of ether oxygens (including phenoxy) is 1. The number of nitrogens with one attached hydrogen (secondary N) is 1. The zero-order chi connectivity index (χ0) is 22.3. The first-order chi connectivity index (χ1) is 14.2. The highest BCUT2D eigenvalue weighted by atomic mass is 16.5. The fourth-order valence-electron chi connectivity index (χ4n) is 2.58. The number of ketones is 1. The summed E-state index contributed by atoms with van der Waals surface area (Å²) in [5, 5.41) is 11.9. The van der Waals surface area contributed by atoms with Crippen molar-refractivity contribution in [3.63, 3.8) is 0 Å². The number of amides is 1. The largest absolute Gasteiger partial charge is 0.448 e. The van der Waals surface area contributed by atoms with Crippen molar-refractivity contribution in [3.8, 4) is 6.07 Å². The van der Waals surface area contributed by atoms with E-state index in [0.717, 1.165) is 5.69 Å². The number of carbonyl (C=O) groups is 3. The molecule has 2 aromatic rings. The van der Waals surface area contributed by atoms with Gasteiger partial charge in [0.25, 0.3) is 5.91 Å². The van der Waals surface area contributed by atoms with E-state index in [0.29, 0.717) is 16.8 Å². The molecule has 2 aromatic carbocycles. The number of anilines is 2. The summed E-state index contributed by atoms with van der Waals surface area (Å²) in [5.41, 5.74) is 2.08. The molecule has 7 nitrogen and oxygen atoms in total. The van der Waals surface area contributed by atoms with Crippen molar-refractivity contribution in [2.45, 2.75) is 20.0 Å². The minimum atomic E-state index is -1.16. The average Bonchev–Trinajstić information content (AvgIpc) is 2.72. The second-order valence-corrected chi connectivity index (χ2v) is 6.79. The number of rotatable bonds is 7. The summed E-state index contributed by atoms with van der Waals surface area (Å²) in [6.07, 6.45) is 0.239. The zero-order valence-electron chi connectivity index (χ0n) is 17.3. The number of Topliss-reactive ketones (excluding diaryl/α,β-unsaturated/α-hetero) is 1. The smallest absolute Gasteiger partial charge is 0.349 e. The normalized spacial score (nSPS) is 11.8. The maximum absolute atomic E-state index is 12.4. The van der Waals surface area contributed by atoms with E-state index in [1.165, 1.54) is 19.9 Å². The molecule has 1 amide bonds. The van der Waals surface area contributed by atoms with Gasteiger partial charge in [-0.05, 0) is 49.8 Å². The molecule has 0 saturated carbocycles. The lowest BCUT2D eigenvalue weighted by Gasteiger charge is -2.15. The van der Waals surface area contributed by atoms with Crippen LogP contribution in [0, 0.1) is 11.3 Å². The zero-order valence-corrected chi connectivity index (χ0v) is 17.3. The van der Waals surface area contributed by atoms with Crippen molar-refractivity contribution >= 4 is 35.1 Å². The maximum atomic E-state index is 12.4. The van der Waals surface area contributed by atoms with Crippen LogP contribution in [0.2, 0.25) is 0 Å². The van der Waals surface area contributed by atoms with Gasteiger partial charge in [0, 0.05) is 25.3 Å². The summed E-state index contributed by atoms with van der Waals surface area (Å²) in [5.74, 6) is -1.72. The molecule has 0 aliphatic heterocycles. The number of hydrogen-bond donors (Lipinski definition) is 1. The first kappa shape index (κ1) is 22.4. The quantitative estimate of drug-likeness (QED) is 0.328. The SMILES string of the molecule is CC(=O)c1ccccc1NC(=O)[C@H](C)OC(=O)/C(C#N)=C/c1ccc(N(C)C)cc1. The predicted molar refractivity (Wildman–Crippen MR) is 115 cm³/mol. The van der Waals surface area contributed by atoms with Crippen LogP contribution in [-0.2, 0) is 14.3 Å². The summed E-state index contributed by atoms with van der Waals surface area (Å²) in [7, 11) is 3.81. The van der Waals surface area contributed by atoms with Gasteiger partial charge in [0.2, 0.25) is 0 Å². The van der Waals surface area contributed by atoms with Crippen LogP contribution in [0.3, 0.4) is 0 Å². The van der Waals surface area contributed by atoms with Gasteiger partial charge < -0.3 is 15.0 Å². The summed E-state index contributed by atoms with van der Waals surface area (Å²) in [6.45, 7) is 2.79. The Morgan fingerprint density at radius 2 is 1.73 bits per heavy atom. The summed E-state index contributed by atoms with van der Waals surface area (Å²) < 4.78 is 5.14. The molecule has 0 radical (unpaired) electrons. The van der Waals surface area contributed by atoms with E-state index >= 15 is 0 Å². The molecule has 0 saturated heterocycles. The highest BCUT2D eigenvalue weighted by Crippen LogP contribution is 2.17. The molecule has 0 aliphatic rings. The van der Waals surface area contributed by atoms with E-state index in [9.17, 15) is 19.6 Å². The number of hydrogen-bond acceptors (Lipinski definition) is 6. The second kappa shape index (κ2) is 10.0. The van der Waals surface area contributed by atoms with Crippen molar-refractivity contribution < 1.29 is 19.1 Å². The van der Waals surface area contributed by atoms with Crippen molar-refractivity contribution in [2.75, 3.05) is 24.3 Å². The molecule has 0 spiro atoms. The fourth-order valence-corrected chi connectivity index (χ4v) is 2.58. The van der Waals surface area contributed by atoms with Gasteiger partial charge in [0.1, 0.15) is 11.6 Å². The van der Waals surface area contributed by atoms with Crippen LogP contribution in [0.15, 0.2) is 54.1 Å². The van der Waals surface area contributed by atoms with Gasteiger partial charge in [-0.2, -0.15) is 5.26 Å². The van der Waals surface area contributed by atoms with Crippen LogP contribution < -0.4 is 10.2 Å². The molecule has 1 N–H and O–H groups in total. The highest BCUT2D eigenvalue weighted by Gasteiger charge is 2.21. The number of para-hydroxylation sites is 1. The van der Waals surface area contributed by atoms with Gasteiger partial charge >= 0.3 is 5.97 Å². The molecule has 0 heterocycles. The summed E-state index contributed by atoms with van der Waals surface area (Å²) in [6, 6.07) is 15.6. The third-order valence-electron chi connectivity index (χ3n) is 4.28. The van der Waals surface area contributed by atoms with Gasteiger partial charge in [-0.3, -0.25) is 9.59 Å².